The Bertz CT molecular complexity index is 269. The Morgan fingerprint density at radius 2 is 2.00 bits per heavy atom. The molecule has 0 bridgehead atoms. The van der Waals surface area contributed by atoms with E-state index in [0.717, 1.165) is 0 Å². The van der Waals surface area contributed by atoms with Crippen LogP contribution in [0.4, 0.5) is 5.82 Å². The van der Waals surface area contributed by atoms with Crippen LogP contribution in [-0.4, -0.2) is 9.79 Å². The summed E-state index contributed by atoms with van der Waals surface area (Å²) in [5.74, 6) is 0.620. The zero-order chi connectivity index (χ0) is 10.5. The van der Waals surface area contributed by atoms with Gasteiger partial charge in [-0.05, 0) is 6.07 Å². The summed E-state index contributed by atoms with van der Waals surface area (Å²) in [6.07, 6.45) is 1.64. The van der Waals surface area contributed by atoms with Crippen LogP contribution in [0.25, 0.3) is 0 Å². The third-order valence-electron chi connectivity index (χ3n) is 0.799. The van der Waals surface area contributed by atoms with Gasteiger partial charge in [-0.25, -0.2) is 4.98 Å². The van der Waals surface area contributed by atoms with Crippen LogP contribution in [0.2, 0.25) is 5.02 Å². The topological polar surface area (TPSA) is 121 Å². The molecule has 1 rings (SSSR count). The Kier molecular flexibility index (Phi) is 4.90. The van der Waals surface area contributed by atoms with Crippen LogP contribution >= 0.6 is 19.4 Å². The quantitative estimate of drug-likeness (QED) is 0.499. The molecule has 0 fully saturated rings. The van der Waals surface area contributed by atoms with Gasteiger partial charge in [-0.2, -0.15) is 0 Å². The molecule has 0 aliphatic heterocycles. The summed E-state index contributed by atoms with van der Waals surface area (Å²) in [6, 6.07) is 3.44. The fraction of sp³-hybridized carbons (Fsp3) is 0. The summed E-state index contributed by atoms with van der Waals surface area (Å²) in [5, 5.41) is 0.666. The maximum Gasteiger partial charge on any atom is 0.270 e. The van der Waals surface area contributed by atoms with E-state index >= 15 is 0 Å². The Morgan fingerprint density at radius 3 is 2.23 bits per heavy atom. The molecule has 1 aromatic rings. The van der Waals surface area contributed by atoms with Crippen molar-refractivity contribution >= 4 is 25.2 Å². The smallest absolute Gasteiger partial charge is 0.270 e. The number of phosphoric acid groups is 1. The number of nitrogens with two attached hydrogens (primary N) is 1. The summed E-state index contributed by atoms with van der Waals surface area (Å²) in [5.41, 5.74) is 5.31. The molecule has 5 N–H and O–H groups in total. The van der Waals surface area contributed by atoms with E-state index in [0.29, 0.717) is 10.8 Å². The van der Waals surface area contributed by atoms with Gasteiger partial charge < -0.3 is 14.7 Å². The second-order valence-corrected chi connectivity index (χ2v) is 3.37. The number of hydrogen-bond donors (Lipinski definition) is 3. The molecule has 8 heteroatoms. The highest BCUT2D eigenvalue weighted by Crippen LogP contribution is 2.18. The first-order valence-corrected chi connectivity index (χ1v) is 4.89. The monoisotopic (exact) mass is 226 g/mol. The normalized spacial score (nSPS) is 10.2. The number of anilines is 1. The van der Waals surface area contributed by atoms with Crippen LogP contribution in [-0.2, 0) is 4.57 Å². The molecule has 0 saturated heterocycles. The number of halogens is 1. The van der Waals surface area contributed by atoms with Crippen molar-refractivity contribution < 1.29 is 24.2 Å². The first-order chi connectivity index (χ1) is 5.79. The summed E-state index contributed by atoms with van der Waals surface area (Å²) in [4.78, 5) is 25.7. The predicted molar refractivity (Wildman–Crippen MR) is 44.5 cm³/mol. The third kappa shape index (κ3) is 11.3. The molecule has 1 heterocycles. The fourth-order valence-electron chi connectivity index (χ4n) is 0.418. The number of rotatable bonds is 0. The number of nitrogen functional groups attached to an aromatic ring is 1. The van der Waals surface area contributed by atoms with Crippen LogP contribution < -0.4 is 15.6 Å². The van der Waals surface area contributed by atoms with Gasteiger partial charge in [0.05, 0.1) is 5.02 Å². The molecule has 74 valence electrons. The molecular weight excluding hydrogens is 218 g/mol. The molecular formula is C5H8ClN2O4P. The molecule has 0 atom stereocenters. The predicted octanol–water partition coefficient (Wildman–Crippen LogP) is -0.824. The number of H-pyrrole nitrogens is 1. The average Bonchev–Trinajstić information content (AvgIpc) is 1.92. The molecule has 13 heavy (non-hydrogen) atoms. The number of nitrogens with one attached hydrogen (secondary N) is 1. The van der Waals surface area contributed by atoms with Crippen LogP contribution in [0.3, 0.4) is 0 Å². The van der Waals surface area contributed by atoms with Crippen LogP contribution in [0.15, 0.2) is 18.3 Å². The van der Waals surface area contributed by atoms with Crippen LogP contribution in [0, 0.1) is 0 Å². The lowest BCUT2D eigenvalue weighted by Gasteiger charge is -2.01. The van der Waals surface area contributed by atoms with Gasteiger partial charge in [-0.3, -0.25) is 10.3 Å². The molecule has 1 aromatic heterocycles. The standard InChI is InChI=1S/C5H5ClN2.H3O4P/c6-4-1-2-5(7)8-3-4;1-5(2,3)4/h1-3H,(H2,7,8);(H3,1,2,3,4). The van der Waals surface area contributed by atoms with Gasteiger partial charge in [-0.1, -0.05) is 11.6 Å². The minimum Gasteiger partial charge on any atom is -0.756 e. The van der Waals surface area contributed by atoms with Crippen molar-refractivity contribution in [3.63, 3.8) is 0 Å². The van der Waals surface area contributed by atoms with E-state index in [-0.39, 0.29) is 0 Å². The molecule has 6 nitrogen and oxygen atoms in total. The molecule has 0 radical (unpaired) electrons. The Labute approximate surface area is 79.2 Å². The van der Waals surface area contributed by atoms with Crippen molar-refractivity contribution in [3.05, 3.63) is 23.4 Å². The molecule has 0 aromatic carbocycles. The van der Waals surface area contributed by atoms with Gasteiger partial charge >= 0.3 is 0 Å². The maximum absolute atomic E-state index is 8.77. The number of aromatic nitrogens is 1. The average molecular weight is 227 g/mol. The SMILES string of the molecule is Nc1ccc(Cl)c[nH+]1.O=P([O-])(O)O. The highest BCUT2D eigenvalue weighted by atomic mass is 35.5. The van der Waals surface area contributed by atoms with Gasteiger partial charge in [0.2, 0.25) is 0 Å². The van der Waals surface area contributed by atoms with Gasteiger partial charge in [0, 0.05) is 6.07 Å². The summed E-state index contributed by atoms with van der Waals surface area (Å²) < 4.78 is 8.77. The zero-order valence-corrected chi connectivity index (χ0v) is 8.00. The van der Waals surface area contributed by atoms with E-state index in [4.69, 9.17) is 36.6 Å². The Morgan fingerprint density at radius 1 is 1.54 bits per heavy atom. The summed E-state index contributed by atoms with van der Waals surface area (Å²) >= 11 is 5.52. The second-order valence-electron chi connectivity index (χ2n) is 1.95. The third-order valence-corrected chi connectivity index (χ3v) is 1.03. The van der Waals surface area contributed by atoms with Gasteiger partial charge in [-0.15, -0.1) is 0 Å². The molecule has 0 spiro atoms. The van der Waals surface area contributed by atoms with E-state index in [1.165, 1.54) is 0 Å². The zero-order valence-electron chi connectivity index (χ0n) is 6.35. The second kappa shape index (κ2) is 5.16. The number of hydrogen-bond acceptors (Lipinski definition) is 3. The first-order valence-electron chi connectivity index (χ1n) is 2.98. The highest BCUT2D eigenvalue weighted by molar-refractivity contribution is 7.43. The molecule has 0 aliphatic carbocycles. The number of pyridine rings is 1. The van der Waals surface area contributed by atoms with Crippen LogP contribution in [0.5, 0.6) is 0 Å². The van der Waals surface area contributed by atoms with Crippen molar-refractivity contribution in [2.24, 2.45) is 0 Å². The van der Waals surface area contributed by atoms with Gasteiger partial charge in [0.25, 0.3) is 13.6 Å². The van der Waals surface area contributed by atoms with E-state index in [2.05, 4.69) is 4.98 Å². The lowest BCUT2D eigenvalue weighted by Crippen LogP contribution is -2.07. The van der Waals surface area contributed by atoms with Gasteiger partial charge in [0.1, 0.15) is 6.20 Å². The Balaban J connectivity index is 0.000000252. The molecule has 0 aliphatic rings. The van der Waals surface area contributed by atoms with Crippen molar-refractivity contribution in [2.45, 2.75) is 0 Å². The lowest BCUT2D eigenvalue weighted by atomic mass is 10.5. The number of aromatic amines is 1. The van der Waals surface area contributed by atoms with Crippen molar-refractivity contribution in [1.29, 1.82) is 0 Å². The fourth-order valence-corrected chi connectivity index (χ4v) is 0.535. The molecule has 0 amide bonds. The maximum atomic E-state index is 8.77. The Hall–Kier alpha value is -0.650. The van der Waals surface area contributed by atoms with Crippen LogP contribution in [0.1, 0.15) is 0 Å². The first kappa shape index (κ1) is 12.3. The van der Waals surface area contributed by atoms with Crippen molar-refractivity contribution in [2.75, 3.05) is 5.73 Å². The van der Waals surface area contributed by atoms with E-state index in [1.807, 2.05) is 0 Å². The molecule has 0 saturated carbocycles. The van der Waals surface area contributed by atoms with E-state index < -0.39 is 7.82 Å². The largest absolute Gasteiger partial charge is 0.756 e. The summed E-state index contributed by atoms with van der Waals surface area (Å²) in [6.45, 7) is 0. The minimum atomic E-state index is -4.89. The van der Waals surface area contributed by atoms with E-state index in [9.17, 15) is 0 Å². The van der Waals surface area contributed by atoms with Crippen molar-refractivity contribution in [3.8, 4) is 0 Å². The molecule has 0 unspecified atom stereocenters. The lowest BCUT2D eigenvalue weighted by molar-refractivity contribution is -0.360. The van der Waals surface area contributed by atoms with E-state index in [1.54, 1.807) is 18.3 Å². The highest BCUT2D eigenvalue weighted by Gasteiger charge is 1.89. The summed E-state index contributed by atoms with van der Waals surface area (Å²) in [7, 11) is -4.89. The van der Waals surface area contributed by atoms with Gasteiger partial charge in [0.15, 0.2) is 0 Å². The van der Waals surface area contributed by atoms with Crippen molar-refractivity contribution in [1.82, 2.24) is 0 Å². The minimum absolute atomic E-state index is 0.620.